The number of aliphatic hydroxyl groups excluding tert-OH is 1. The second-order valence-electron chi connectivity index (χ2n) is 2.91. The van der Waals surface area contributed by atoms with Crippen LogP contribution in [0.5, 0.6) is 0 Å². The molecule has 0 aromatic carbocycles. The van der Waals surface area contributed by atoms with Crippen LogP contribution in [0.2, 0.25) is 0 Å². The van der Waals surface area contributed by atoms with Crippen molar-refractivity contribution >= 4 is 16.7 Å². The Morgan fingerprint density at radius 1 is 1.62 bits per heavy atom. The largest absolute Gasteiger partial charge is 0.396 e. The van der Waals surface area contributed by atoms with Gasteiger partial charge in [-0.25, -0.2) is 4.98 Å². The summed E-state index contributed by atoms with van der Waals surface area (Å²) in [5, 5.41) is 12.9. The highest BCUT2D eigenvalue weighted by Gasteiger charge is 2.07. The molecule has 0 saturated carbocycles. The van der Waals surface area contributed by atoms with Gasteiger partial charge in [-0.3, -0.25) is 0 Å². The van der Waals surface area contributed by atoms with E-state index in [0.29, 0.717) is 6.04 Å². The van der Waals surface area contributed by atoms with Crippen molar-refractivity contribution in [2.24, 2.45) is 0 Å². The number of aromatic nitrogens is 2. The first-order chi connectivity index (χ1) is 6.26. The van der Waals surface area contributed by atoms with Crippen molar-refractivity contribution in [1.82, 2.24) is 9.36 Å². The first kappa shape index (κ1) is 10.4. The van der Waals surface area contributed by atoms with Crippen molar-refractivity contribution in [3.05, 3.63) is 5.82 Å². The Bertz CT molecular complexity index is 251. The molecule has 0 amide bonds. The summed E-state index contributed by atoms with van der Waals surface area (Å²) in [5.74, 6) is 0.798. The summed E-state index contributed by atoms with van der Waals surface area (Å²) in [6.45, 7) is 4.17. The van der Waals surface area contributed by atoms with E-state index in [1.807, 2.05) is 6.92 Å². The third-order valence-corrected chi connectivity index (χ3v) is 2.56. The van der Waals surface area contributed by atoms with Gasteiger partial charge in [0.25, 0.3) is 0 Å². The number of aliphatic hydroxyl groups is 1. The average Bonchev–Trinajstić information content (AvgIpc) is 2.50. The number of nitrogens with zero attached hydrogens (tertiary/aromatic N) is 2. The topological polar surface area (TPSA) is 58.0 Å². The van der Waals surface area contributed by atoms with E-state index in [0.717, 1.165) is 23.8 Å². The van der Waals surface area contributed by atoms with E-state index >= 15 is 0 Å². The first-order valence-electron chi connectivity index (χ1n) is 4.44. The van der Waals surface area contributed by atoms with E-state index in [9.17, 15) is 0 Å². The Morgan fingerprint density at radius 2 is 2.38 bits per heavy atom. The fourth-order valence-corrected chi connectivity index (χ4v) is 1.72. The highest BCUT2D eigenvalue weighted by atomic mass is 32.1. The van der Waals surface area contributed by atoms with Gasteiger partial charge in [-0.15, -0.1) is 0 Å². The molecule has 0 saturated heterocycles. The molecule has 1 heterocycles. The molecule has 13 heavy (non-hydrogen) atoms. The van der Waals surface area contributed by atoms with Gasteiger partial charge < -0.3 is 10.4 Å². The zero-order chi connectivity index (χ0) is 9.68. The van der Waals surface area contributed by atoms with Crippen molar-refractivity contribution in [3.8, 4) is 0 Å². The predicted octanol–water partition coefficient (Wildman–Crippen LogP) is 1.42. The van der Waals surface area contributed by atoms with Gasteiger partial charge >= 0.3 is 0 Å². The lowest BCUT2D eigenvalue weighted by Crippen LogP contribution is -2.19. The minimum absolute atomic E-state index is 0.212. The molecule has 0 fully saturated rings. The Labute approximate surface area is 82.2 Å². The molecule has 0 aliphatic rings. The van der Waals surface area contributed by atoms with Crippen LogP contribution in [0.15, 0.2) is 0 Å². The van der Waals surface area contributed by atoms with Crippen LogP contribution in [0.1, 0.15) is 25.6 Å². The summed E-state index contributed by atoms with van der Waals surface area (Å²) in [4.78, 5) is 4.20. The molecular weight excluding hydrogens is 186 g/mol. The number of hydrogen-bond donors (Lipinski definition) is 2. The first-order valence-corrected chi connectivity index (χ1v) is 5.21. The van der Waals surface area contributed by atoms with Crippen molar-refractivity contribution in [2.45, 2.75) is 32.7 Å². The number of rotatable bonds is 5. The lowest BCUT2D eigenvalue weighted by molar-refractivity contribution is 0.278. The van der Waals surface area contributed by atoms with E-state index in [1.165, 1.54) is 11.5 Å². The molecule has 74 valence electrons. The third kappa shape index (κ3) is 3.28. The van der Waals surface area contributed by atoms with Gasteiger partial charge in [0.15, 0.2) is 0 Å². The molecule has 0 bridgehead atoms. The Morgan fingerprint density at radius 3 is 2.85 bits per heavy atom. The molecule has 0 spiro atoms. The summed E-state index contributed by atoms with van der Waals surface area (Å²) in [7, 11) is 0. The maximum atomic E-state index is 8.78. The second-order valence-corrected chi connectivity index (χ2v) is 3.66. The minimum Gasteiger partial charge on any atom is -0.396 e. The molecule has 0 radical (unpaired) electrons. The molecular formula is C8H15N3OS. The van der Waals surface area contributed by atoms with Gasteiger partial charge in [-0.05, 0) is 19.8 Å². The molecule has 1 aromatic heterocycles. The highest BCUT2D eigenvalue weighted by Crippen LogP contribution is 2.13. The van der Waals surface area contributed by atoms with Crippen LogP contribution in [0, 0.1) is 6.92 Å². The maximum Gasteiger partial charge on any atom is 0.202 e. The monoisotopic (exact) mass is 201 g/mol. The Hall–Kier alpha value is -0.680. The molecule has 0 aliphatic carbocycles. The summed E-state index contributed by atoms with van der Waals surface area (Å²) in [6, 6.07) is 0.303. The molecule has 1 aromatic rings. The fraction of sp³-hybridized carbons (Fsp3) is 0.750. The van der Waals surface area contributed by atoms with E-state index in [4.69, 9.17) is 5.11 Å². The molecule has 0 aliphatic heterocycles. The van der Waals surface area contributed by atoms with Gasteiger partial charge in [0, 0.05) is 24.2 Å². The van der Waals surface area contributed by atoms with E-state index in [2.05, 4.69) is 21.6 Å². The average molecular weight is 201 g/mol. The molecule has 1 rings (SSSR count). The lowest BCUT2D eigenvalue weighted by atomic mass is 10.2. The van der Waals surface area contributed by atoms with Crippen LogP contribution in [-0.2, 0) is 0 Å². The minimum atomic E-state index is 0.212. The van der Waals surface area contributed by atoms with Crippen LogP contribution in [0.3, 0.4) is 0 Å². The number of nitrogens with one attached hydrogen (secondary N) is 1. The number of aryl methyl sites for hydroxylation is 1. The smallest absolute Gasteiger partial charge is 0.202 e. The van der Waals surface area contributed by atoms with Gasteiger partial charge in [-0.1, -0.05) is 6.92 Å². The zero-order valence-electron chi connectivity index (χ0n) is 7.95. The lowest BCUT2D eigenvalue weighted by Gasteiger charge is -2.13. The van der Waals surface area contributed by atoms with Gasteiger partial charge in [0.05, 0.1) is 0 Å². The van der Waals surface area contributed by atoms with E-state index < -0.39 is 0 Å². The Kier molecular flexibility index (Phi) is 4.11. The third-order valence-electron chi connectivity index (χ3n) is 1.83. The van der Waals surface area contributed by atoms with Gasteiger partial charge in [-0.2, -0.15) is 4.37 Å². The number of anilines is 1. The van der Waals surface area contributed by atoms with Crippen LogP contribution < -0.4 is 5.32 Å². The SMILES string of the molecule is CCC(CCO)Nc1nc(C)ns1. The maximum absolute atomic E-state index is 8.78. The van der Waals surface area contributed by atoms with Crippen LogP contribution in [0.25, 0.3) is 0 Å². The van der Waals surface area contributed by atoms with Crippen molar-refractivity contribution in [2.75, 3.05) is 11.9 Å². The molecule has 2 N–H and O–H groups in total. The van der Waals surface area contributed by atoms with E-state index in [-0.39, 0.29) is 6.61 Å². The molecule has 4 nitrogen and oxygen atoms in total. The zero-order valence-corrected chi connectivity index (χ0v) is 8.77. The van der Waals surface area contributed by atoms with Crippen LogP contribution in [0.4, 0.5) is 5.13 Å². The summed E-state index contributed by atoms with van der Waals surface area (Å²) in [6.07, 6.45) is 1.74. The predicted molar refractivity (Wildman–Crippen MR) is 54.1 cm³/mol. The summed E-state index contributed by atoms with van der Waals surface area (Å²) < 4.78 is 4.07. The Balaban J connectivity index is 2.46. The van der Waals surface area contributed by atoms with Crippen LogP contribution in [-0.4, -0.2) is 27.1 Å². The normalized spacial score (nSPS) is 12.8. The molecule has 5 heteroatoms. The standard InChI is InChI=1S/C8H15N3OS/c1-3-7(4-5-12)10-8-9-6(2)11-13-8/h7,12H,3-5H2,1-2H3,(H,9,10,11). The summed E-state index contributed by atoms with van der Waals surface area (Å²) in [5.41, 5.74) is 0. The number of hydrogen-bond acceptors (Lipinski definition) is 5. The summed E-state index contributed by atoms with van der Waals surface area (Å²) >= 11 is 1.37. The second kappa shape index (κ2) is 5.14. The van der Waals surface area contributed by atoms with Crippen molar-refractivity contribution < 1.29 is 5.11 Å². The fourth-order valence-electron chi connectivity index (χ4n) is 1.06. The van der Waals surface area contributed by atoms with Crippen LogP contribution >= 0.6 is 11.5 Å². The van der Waals surface area contributed by atoms with E-state index in [1.54, 1.807) is 0 Å². The molecule has 1 unspecified atom stereocenters. The van der Waals surface area contributed by atoms with Crippen molar-refractivity contribution in [1.29, 1.82) is 0 Å². The van der Waals surface area contributed by atoms with Gasteiger partial charge in [0.1, 0.15) is 5.82 Å². The van der Waals surface area contributed by atoms with Crippen molar-refractivity contribution in [3.63, 3.8) is 0 Å². The molecule has 1 atom stereocenters. The highest BCUT2D eigenvalue weighted by molar-refractivity contribution is 7.09. The van der Waals surface area contributed by atoms with Gasteiger partial charge in [0.2, 0.25) is 5.13 Å². The quantitative estimate of drug-likeness (QED) is 0.756.